The standard InChI is InChI=1S/C19H22N8O2S/c1-11-12(2)21-18-23-19(24-27(18)13(11)3)30-10-16(28)25-5-7-26(8-6-25)17-15(9-20)22-14(4)29-17/h5-8,10H2,1-4H3. The number of nitrogens with zero attached hydrogens (tertiary/aromatic N) is 8. The Morgan fingerprint density at radius 2 is 1.87 bits per heavy atom. The molecule has 1 fully saturated rings. The predicted molar refractivity (Wildman–Crippen MR) is 110 cm³/mol. The molecule has 3 aromatic heterocycles. The number of hydrogen-bond acceptors (Lipinski definition) is 9. The second kappa shape index (κ2) is 7.95. The molecule has 1 aliphatic rings. The van der Waals surface area contributed by atoms with Gasteiger partial charge in [-0.15, -0.1) is 5.10 Å². The number of fused-ring (bicyclic) bond motifs is 1. The van der Waals surface area contributed by atoms with Crippen LogP contribution in [0.25, 0.3) is 5.78 Å². The number of thioether (sulfide) groups is 1. The van der Waals surface area contributed by atoms with Crippen LogP contribution in [0.15, 0.2) is 9.57 Å². The van der Waals surface area contributed by atoms with Crippen molar-refractivity contribution >= 4 is 29.3 Å². The van der Waals surface area contributed by atoms with Gasteiger partial charge in [-0.3, -0.25) is 4.79 Å². The maximum atomic E-state index is 12.7. The number of anilines is 1. The van der Waals surface area contributed by atoms with Crippen LogP contribution in [-0.2, 0) is 4.79 Å². The average Bonchev–Trinajstić information content (AvgIpc) is 3.33. The van der Waals surface area contributed by atoms with E-state index in [1.807, 2.05) is 30.6 Å². The molecule has 30 heavy (non-hydrogen) atoms. The van der Waals surface area contributed by atoms with E-state index in [9.17, 15) is 10.1 Å². The van der Waals surface area contributed by atoms with Gasteiger partial charge >= 0.3 is 0 Å². The Kier molecular flexibility index (Phi) is 5.34. The Labute approximate surface area is 177 Å². The lowest BCUT2D eigenvalue weighted by molar-refractivity contribution is -0.128. The van der Waals surface area contributed by atoms with Gasteiger partial charge in [-0.1, -0.05) is 11.8 Å². The van der Waals surface area contributed by atoms with Crippen LogP contribution in [0.3, 0.4) is 0 Å². The first-order chi connectivity index (χ1) is 14.4. The van der Waals surface area contributed by atoms with Crippen LogP contribution in [0.2, 0.25) is 0 Å². The van der Waals surface area contributed by atoms with Crippen molar-refractivity contribution in [2.45, 2.75) is 32.9 Å². The van der Waals surface area contributed by atoms with Gasteiger partial charge in [-0.05, 0) is 26.3 Å². The second-order valence-electron chi connectivity index (χ2n) is 7.17. The summed E-state index contributed by atoms with van der Waals surface area (Å²) in [4.78, 5) is 29.4. The van der Waals surface area contributed by atoms with Crippen molar-refractivity contribution in [1.29, 1.82) is 5.26 Å². The number of rotatable bonds is 4. The van der Waals surface area contributed by atoms with Crippen molar-refractivity contribution in [2.24, 2.45) is 0 Å². The van der Waals surface area contributed by atoms with Crippen LogP contribution in [0, 0.1) is 39.0 Å². The normalized spacial score (nSPS) is 14.4. The monoisotopic (exact) mass is 426 g/mol. The molecule has 0 unspecified atom stereocenters. The van der Waals surface area contributed by atoms with Gasteiger partial charge in [0.15, 0.2) is 5.89 Å². The first-order valence-electron chi connectivity index (χ1n) is 9.61. The van der Waals surface area contributed by atoms with Gasteiger partial charge in [0.1, 0.15) is 6.07 Å². The summed E-state index contributed by atoms with van der Waals surface area (Å²) in [5.74, 6) is 1.80. The third kappa shape index (κ3) is 3.70. The molecule has 4 heterocycles. The lowest BCUT2D eigenvalue weighted by atomic mass is 10.2. The van der Waals surface area contributed by atoms with Crippen LogP contribution in [0.5, 0.6) is 0 Å². The Balaban J connectivity index is 1.36. The van der Waals surface area contributed by atoms with Crippen molar-refractivity contribution in [3.8, 4) is 6.07 Å². The number of oxazole rings is 1. The third-order valence-corrected chi connectivity index (χ3v) is 6.13. The number of amides is 1. The molecule has 1 amide bonds. The summed E-state index contributed by atoms with van der Waals surface area (Å²) >= 11 is 1.32. The summed E-state index contributed by atoms with van der Waals surface area (Å²) in [6, 6.07) is 2.06. The molecule has 11 heteroatoms. The van der Waals surface area contributed by atoms with Crippen molar-refractivity contribution in [1.82, 2.24) is 29.5 Å². The van der Waals surface area contributed by atoms with Gasteiger partial charge in [0.2, 0.25) is 22.6 Å². The molecule has 0 saturated carbocycles. The molecule has 1 aliphatic heterocycles. The van der Waals surface area contributed by atoms with Gasteiger partial charge in [0, 0.05) is 44.5 Å². The number of piperazine rings is 1. The van der Waals surface area contributed by atoms with Crippen molar-refractivity contribution < 1.29 is 9.21 Å². The Bertz CT molecular complexity index is 1150. The largest absolute Gasteiger partial charge is 0.424 e. The summed E-state index contributed by atoms with van der Waals surface area (Å²) in [6.07, 6.45) is 0. The van der Waals surface area contributed by atoms with Crippen LogP contribution >= 0.6 is 11.8 Å². The van der Waals surface area contributed by atoms with Gasteiger partial charge < -0.3 is 14.2 Å². The fraction of sp³-hybridized carbons (Fsp3) is 0.474. The Morgan fingerprint density at radius 1 is 1.13 bits per heavy atom. The molecule has 0 N–H and O–H groups in total. The zero-order chi connectivity index (χ0) is 21.4. The fourth-order valence-electron chi connectivity index (χ4n) is 3.38. The molecule has 0 atom stereocenters. The summed E-state index contributed by atoms with van der Waals surface area (Å²) < 4.78 is 7.28. The number of hydrogen-bond donors (Lipinski definition) is 0. The highest BCUT2D eigenvalue weighted by Gasteiger charge is 2.26. The van der Waals surface area contributed by atoms with E-state index in [0.29, 0.717) is 48.9 Å². The quantitative estimate of drug-likeness (QED) is 0.574. The fourth-order valence-corrected chi connectivity index (χ4v) is 4.10. The average molecular weight is 427 g/mol. The molecule has 0 aromatic carbocycles. The van der Waals surface area contributed by atoms with Gasteiger partial charge in [0.25, 0.3) is 5.78 Å². The molecule has 0 bridgehead atoms. The first kappa shape index (κ1) is 20.2. The molecule has 156 valence electrons. The van der Waals surface area contributed by atoms with E-state index in [1.165, 1.54) is 11.8 Å². The summed E-state index contributed by atoms with van der Waals surface area (Å²) in [6.45, 7) is 9.96. The van der Waals surface area contributed by atoms with Crippen LogP contribution in [-0.4, -0.2) is 67.3 Å². The van der Waals surface area contributed by atoms with Crippen molar-refractivity contribution in [3.63, 3.8) is 0 Å². The molecular weight excluding hydrogens is 404 g/mol. The minimum atomic E-state index is 0.0322. The van der Waals surface area contributed by atoms with Crippen LogP contribution < -0.4 is 4.90 Å². The maximum absolute atomic E-state index is 12.7. The number of nitriles is 1. The maximum Gasteiger partial charge on any atom is 0.253 e. The summed E-state index contributed by atoms with van der Waals surface area (Å²) in [5, 5.41) is 14.2. The first-order valence-corrected chi connectivity index (χ1v) is 10.6. The smallest absolute Gasteiger partial charge is 0.253 e. The molecule has 0 radical (unpaired) electrons. The zero-order valence-corrected chi connectivity index (χ0v) is 18.2. The molecule has 10 nitrogen and oxygen atoms in total. The van der Waals surface area contributed by atoms with Gasteiger partial charge in [-0.25, -0.2) is 14.5 Å². The molecular formula is C19H22N8O2S. The highest BCUT2D eigenvalue weighted by molar-refractivity contribution is 7.99. The topological polar surface area (TPSA) is 116 Å². The number of carbonyl (C=O) groups is 1. The minimum Gasteiger partial charge on any atom is -0.424 e. The van der Waals surface area contributed by atoms with E-state index in [0.717, 1.165) is 17.0 Å². The van der Waals surface area contributed by atoms with E-state index in [-0.39, 0.29) is 17.4 Å². The lowest BCUT2D eigenvalue weighted by Gasteiger charge is -2.34. The van der Waals surface area contributed by atoms with E-state index in [1.54, 1.807) is 11.4 Å². The Morgan fingerprint density at radius 3 is 2.57 bits per heavy atom. The third-order valence-electron chi connectivity index (χ3n) is 5.31. The summed E-state index contributed by atoms with van der Waals surface area (Å²) in [7, 11) is 0. The lowest BCUT2D eigenvalue weighted by Crippen LogP contribution is -2.49. The second-order valence-corrected chi connectivity index (χ2v) is 8.11. The molecule has 0 spiro atoms. The highest BCUT2D eigenvalue weighted by atomic mass is 32.2. The van der Waals surface area contributed by atoms with Crippen LogP contribution in [0.1, 0.15) is 28.5 Å². The number of aryl methyl sites for hydroxylation is 3. The number of aromatic nitrogens is 5. The number of carbonyl (C=O) groups excluding carboxylic acids is 1. The van der Waals surface area contributed by atoms with Crippen molar-refractivity contribution in [2.75, 3.05) is 36.8 Å². The van der Waals surface area contributed by atoms with Gasteiger partial charge in [-0.2, -0.15) is 10.2 Å². The van der Waals surface area contributed by atoms with Gasteiger partial charge in [0.05, 0.1) is 5.75 Å². The predicted octanol–water partition coefficient (Wildman–Crippen LogP) is 1.66. The zero-order valence-electron chi connectivity index (χ0n) is 17.3. The minimum absolute atomic E-state index is 0.0322. The van der Waals surface area contributed by atoms with Crippen LogP contribution in [0.4, 0.5) is 5.88 Å². The molecule has 4 rings (SSSR count). The molecule has 1 saturated heterocycles. The highest BCUT2D eigenvalue weighted by Crippen LogP contribution is 2.23. The SMILES string of the molecule is Cc1nc(C#N)c(N2CCN(C(=O)CSc3nc4nc(C)c(C)c(C)n4n3)CC2)o1. The molecule has 3 aromatic rings. The Hall–Kier alpha value is -3.13. The van der Waals surface area contributed by atoms with E-state index >= 15 is 0 Å². The van der Waals surface area contributed by atoms with E-state index in [2.05, 4.69) is 26.1 Å². The van der Waals surface area contributed by atoms with E-state index in [4.69, 9.17) is 4.42 Å². The van der Waals surface area contributed by atoms with E-state index < -0.39 is 0 Å². The van der Waals surface area contributed by atoms with Crippen molar-refractivity contribution in [3.05, 3.63) is 28.5 Å². The summed E-state index contributed by atoms with van der Waals surface area (Å²) in [5.41, 5.74) is 3.30. The molecule has 0 aliphatic carbocycles.